The van der Waals surface area contributed by atoms with Crippen molar-refractivity contribution in [3.63, 3.8) is 0 Å². The molecule has 2 rings (SSSR count). The summed E-state index contributed by atoms with van der Waals surface area (Å²) in [6.07, 6.45) is 0. The normalized spacial score (nSPS) is 10.2. The summed E-state index contributed by atoms with van der Waals surface area (Å²) < 4.78 is 10.8. The van der Waals surface area contributed by atoms with Gasteiger partial charge in [0.05, 0.1) is 14.2 Å². The summed E-state index contributed by atoms with van der Waals surface area (Å²) in [6.45, 7) is 4.80. The number of benzene rings is 2. The topological polar surface area (TPSA) is 33.7 Å². The SMILES string of the molecule is COc1cccc(CN(C)C(=S)Nc2cccc(C)c2C)c1OC. The van der Waals surface area contributed by atoms with Crippen molar-refractivity contribution in [1.82, 2.24) is 4.90 Å². The average molecular weight is 344 g/mol. The van der Waals surface area contributed by atoms with Crippen molar-refractivity contribution in [1.29, 1.82) is 0 Å². The molecule has 4 nitrogen and oxygen atoms in total. The molecular formula is C19H24N2O2S. The lowest BCUT2D eigenvalue weighted by molar-refractivity contribution is 0.347. The predicted octanol–water partition coefficient (Wildman–Crippen LogP) is 4.15. The minimum Gasteiger partial charge on any atom is -0.493 e. The van der Waals surface area contributed by atoms with Gasteiger partial charge in [-0.3, -0.25) is 0 Å². The molecule has 24 heavy (non-hydrogen) atoms. The zero-order chi connectivity index (χ0) is 17.7. The number of ether oxygens (including phenoxy) is 2. The van der Waals surface area contributed by atoms with E-state index in [1.807, 2.05) is 42.3 Å². The van der Waals surface area contributed by atoms with Crippen molar-refractivity contribution in [2.45, 2.75) is 20.4 Å². The standard InChI is InChI=1S/C19H24N2O2S/c1-13-8-6-10-16(14(13)2)20-19(24)21(3)12-15-9-7-11-17(22-4)18(15)23-5/h6-11H,12H2,1-5H3,(H,20,24). The molecule has 0 atom stereocenters. The first-order valence-corrected chi connectivity index (χ1v) is 8.17. The molecule has 0 aliphatic rings. The Hall–Kier alpha value is -2.27. The molecule has 5 heteroatoms. The summed E-state index contributed by atoms with van der Waals surface area (Å²) in [5.74, 6) is 1.46. The summed E-state index contributed by atoms with van der Waals surface area (Å²) in [6, 6.07) is 12.0. The van der Waals surface area contributed by atoms with Crippen LogP contribution in [0.25, 0.3) is 0 Å². The Morgan fingerprint density at radius 1 is 1.08 bits per heavy atom. The second-order valence-electron chi connectivity index (χ2n) is 5.69. The zero-order valence-corrected chi connectivity index (χ0v) is 15.7. The van der Waals surface area contributed by atoms with E-state index in [1.165, 1.54) is 11.1 Å². The van der Waals surface area contributed by atoms with Crippen LogP contribution >= 0.6 is 12.2 Å². The number of hydrogen-bond donors (Lipinski definition) is 1. The first-order chi connectivity index (χ1) is 11.5. The second kappa shape index (κ2) is 8.02. The second-order valence-corrected chi connectivity index (χ2v) is 6.07. The van der Waals surface area contributed by atoms with Gasteiger partial charge < -0.3 is 19.7 Å². The maximum atomic E-state index is 5.54. The third kappa shape index (κ3) is 3.97. The van der Waals surface area contributed by atoms with Crippen LogP contribution in [0.5, 0.6) is 11.5 Å². The molecule has 1 N–H and O–H groups in total. The molecule has 0 aliphatic carbocycles. The van der Waals surface area contributed by atoms with Crippen molar-refractivity contribution in [3.8, 4) is 11.5 Å². The van der Waals surface area contributed by atoms with Crippen LogP contribution in [0.4, 0.5) is 5.69 Å². The molecule has 128 valence electrons. The minimum atomic E-state index is 0.622. The number of para-hydroxylation sites is 1. The van der Waals surface area contributed by atoms with E-state index in [0.29, 0.717) is 11.7 Å². The molecular weight excluding hydrogens is 320 g/mol. The van der Waals surface area contributed by atoms with Crippen LogP contribution in [0.15, 0.2) is 36.4 Å². The van der Waals surface area contributed by atoms with Crippen LogP contribution in [0.2, 0.25) is 0 Å². The van der Waals surface area contributed by atoms with Crippen LogP contribution in [0, 0.1) is 13.8 Å². The Labute approximate surface area is 149 Å². The maximum absolute atomic E-state index is 5.54. The van der Waals surface area contributed by atoms with Gasteiger partial charge in [0, 0.05) is 24.8 Å². The smallest absolute Gasteiger partial charge is 0.173 e. The number of nitrogens with zero attached hydrogens (tertiary/aromatic N) is 1. The number of methoxy groups -OCH3 is 2. The fourth-order valence-corrected chi connectivity index (χ4v) is 2.68. The van der Waals surface area contributed by atoms with Gasteiger partial charge in [-0.05, 0) is 49.3 Å². The zero-order valence-electron chi connectivity index (χ0n) is 14.8. The van der Waals surface area contributed by atoms with Gasteiger partial charge in [0.25, 0.3) is 0 Å². The van der Waals surface area contributed by atoms with E-state index in [9.17, 15) is 0 Å². The molecule has 0 aliphatic heterocycles. The molecule has 0 radical (unpaired) electrons. The van der Waals surface area contributed by atoms with Gasteiger partial charge in [-0.25, -0.2) is 0 Å². The van der Waals surface area contributed by atoms with E-state index in [2.05, 4.69) is 25.2 Å². The molecule has 0 saturated carbocycles. The summed E-state index contributed by atoms with van der Waals surface area (Å²) >= 11 is 5.54. The number of hydrogen-bond acceptors (Lipinski definition) is 3. The molecule has 0 amide bonds. The molecule has 0 bridgehead atoms. The van der Waals surface area contributed by atoms with E-state index in [-0.39, 0.29) is 0 Å². The van der Waals surface area contributed by atoms with Crippen LogP contribution in [-0.4, -0.2) is 31.3 Å². The third-order valence-electron chi connectivity index (χ3n) is 4.08. The van der Waals surface area contributed by atoms with Crippen molar-refractivity contribution in [2.24, 2.45) is 0 Å². The summed E-state index contributed by atoms with van der Waals surface area (Å²) in [4.78, 5) is 1.98. The van der Waals surface area contributed by atoms with Crippen LogP contribution < -0.4 is 14.8 Å². The van der Waals surface area contributed by atoms with Gasteiger partial charge in [0.15, 0.2) is 16.6 Å². The monoisotopic (exact) mass is 344 g/mol. The molecule has 0 saturated heterocycles. The molecule has 0 unspecified atom stereocenters. The summed E-state index contributed by atoms with van der Waals surface area (Å²) in [7, 11) is 5.24. The first kappa shape index (κ1) is 18.1. The summed E-state index contributed by atoms with van der Waals surface area (Å²) in [5.41, 5.74) is 4.49. The average Bonchev–Trinajstić information content (AvgIpc) is 2.58. The molecule has 2 aromatic carbocycles. The molecule has 0 spiro atoms. The summed E-state index contributed by atoms with van der Waals surface area (Å²) in [5, 5.41) is 3.98. The third-order valence-corrected chi connectivity index (χ3v) is 4.50. The highest BCUT2D eigenvalue weighted by molar-refractivity contribution is 7.80. The van der Waals surface area contributed by atoms with E-state index >= 15 is 0 Å². The molecule has 0 aromatic heterocycles. The van der Waals surface area contributed by atoms with Crippen molar-refractivity contribution in [2.75, 3.05) is 26.6 Å². The lowest BCUT2D eigenvalue weighted by Gasteiger charge is -2.23. The Morgan fingerprint density at radius 2 is 1.79 bits per heavy atom. The highest BCUT2D eigenvalue weighted by Gasteiger charge is 2.13. The number of rotatable bonds is 5. The van der Waals surface area contributed by atoms with Gasteiger partial charge in [0.1, 0.15) is 0 Å². The lowest BCUT2D eigenvalue weighted by Crippen LogP contribution is -2.31. The van der Waals surface area contributed by atoms with E-state index in [1.54, 1.807) is 14.2 Å². The number of thiocarbonyl (C=S) groups is 1. The Balaban J connectivity index is 2.14. The highest BCUT2D eigenvalue weighted by Crippen LogP contribution is 2.31. The fourth-order valence-electron chi connectivity index (χ4n) is 2.50. The fraction of sp³-hybridized carbons (Fsp3) is 0.316. The van der Waals surface area contributed by atoms with E-state index in [0.717, 1.165) is 22.7 Å². The van der Waals surface area contributed by atoms with Gasteiger partial charge in [-0.2, -0.15) is 0 Å². The van der Waals surface area contributed by atoms with Gasteiger partial charge in [-0.1, -0.05) is 24.3 Å². The van der Waals surface area contributed by atoms with Crippen LogP contribution in [-0.2, 0) is 6.54 Å². The molecule has 0 fully saturated rings. The largest absolute Gasteiger partial charge is 0.493 e. The highest BCUT2D eigenvalue weighted by atomic mass is 32.1. The maximum Gasteiger partial charge on any atom is 0.173 e. The van der Waals surface area contributed by atoms with E-state index in [4.69, 9.17) is 21.7 Å². The molecule has 2 aromatic rings. The lowest BCUT2D eigenvalue weighted by atomic mass is 10.1. The Morgan fingerprint density at radius 3 is 2.46 bits per heavy atom. The Bertz CT molecular complexity index is 731. The van der Waals surface area contributed by atoms with Crippen molar-refractivity contribution in [3.05, 3.63) is 53.1 Å². The van der Waals surface area contributed by atoms with Gasteiger partial charge in [0.2, 0.25) is 0 Å². The van der Waals surface area contributed by atoms with Gasteiger partial charge >= 0.3 is 0 Å². The van der Waals surface area contributed by atoms with Gasteiger partial charge in [-0.15, -0.1) is 0 Å². The minimum absolute atomic E-state index is 0.622. The number of aryl methyl sites for hydroxylation is 1. The predicted molar refractivity (Wildman–Crippen MR) is 103 cm³/mol. The van der Waals surface area contributed by atoms with Crippen molar-refractivity contribution < 1.29 is 9.47 Å². The number of anilines is 1. The number of nitrogens with one attached hydrogen (secondary N) is 1. The molecule has 0 heterocycles. The van der Waals surface area contributed by atoms with E-state index < -0.39 is 0 Å². The van der Waals surface area contributed by atoms with Crippen molar-refractivity contribution >= 4 is 23.0 Å². The first-order valence-electron chi connectivity index (χ1n) is 7.76. The Kier molecular flexibility index (Phi) is 6.04. The van der Waals surface area contributed by atoms with Crippen LogP contribution in [0.1, 0.15) is 16.7 Å². The van der Waals surface area contributed by atoms with Crippen LogP contribution in [0.3, 0.4) is 0 Å². The quantitative estimate of drug-likeness (QED) is 0.824.